The minimum atomic E-state index is -2.78. The highest BCUT2D eigenvalue weighted by atomic mass is 32.2. The average molecular weight is 248 g/mol. The zero-order chi connectivity index (χ0) is 12.2. The van der Waals surface area contributed by atoms with Crippen molar-refractivity contribution in [3.8, 4) is 0 Å². The van der Waals surface area contributed by atoms with Gasteiger partial charge in [0.1, 0.15) is 0 Å². The van der Waals surface area contributed by atoms with E-state index >= 15 is 0 Å². The van der Waals surface area contributed by atoms with E-state index in [9.17, 15) is 8.42 Å². The van der Waals surface area contributed by atoms with Crippen LogP contribution in [0.15, 0.2) is 0 Å². The minimum absolute atomic E-state index is 0.323. The Morgan fingerprint density at radius 1 is 1.25 bits per heavy atom. The topological polar surface area (TPSA) is 49.4 Å². The Labute approximate surface area is 99.3 Å². The number of sulfone groups is 1. The van der Waals surface area contributed by atoms with Gasteiger partial charge in [-0.2, -0.15) is 0 Å². The number of rotatable bonds is 4. The van der Waals surface area contributed by atoms with Crippen LogP contribution in [0.4, 0.5) is 0 Å². The molecule has 0 aliphatic carbocycles. The van der Waals surface area contributed by atoms with Gasteiger partial charge in [-0.25, -0.2) is 8.42 Å². The highest BCUT2D eigenvalue weighted by Crippen LogP contribution is 2.14. The van der Waals surface area contributed by atoms with Crippen molar-refractivity contribution in [1.82, 2.24) is 10.2 Å². The molecule has 0 aromatic rings. The standard InChI is InChI=1S/C11H24N2O2S/c1-10(9-12-3)11(2)13-5-4-7-16(14,15)8-6-13/h10-12H,4-9H2,1-3H3. The first kappa shape index (κ1) is 13.9. The first-order chi connectivity index (χ1) is 7.46. The second kappa shape index (κ2) is 5.98. The van der Waals surface area contributed by atoms with E-state index in [-0.39, 0.29) is 0 Å². The maximum absolute atomic E-state index is 11.5. The molecule has 16 heavy (non-hydrogen) atoms. The molecule has 0 aromatic heterocycles. The van der Waals surface area contributed by atoms with Gasteiger partial charge in [0.25, 0.3) is 0 Å². The van der Waals surface area contributed by atoms with E-state index in [2.05, 4.69) is 24.1 Å². The molecule has 1 N–H and O–H groups in total. The molecule has 1 heterocycles. The summed E-state index contributed by atoms with van der Waals surface area (Å²) in [4.78, 5) is 2.31. The fourth-order valence-electron chi connectivity index (χ4n) is 2.22. The van der Waals surface area contributed by atoms with Crippen LogP contribution in [0.5, 0.6) is 0 Å². The summed E-state index contributed by atoms with van der Waals surface area (Å²) in [6.45, 7) is 6.98. The first-order valence-corrected chi connectivity index (χ1v) is 7.87. The highest BCUT2D eigenvalue weighted by molar-refractivity contribution is 7.91. The van der Waals surface area contributed by atoms with Crippen LogP contribution in [0.3, 0.4) is 0 Å². The number of nitrogens with zero attached hydrogens (tertiary/aromatic N) is 1. The van der Waals surface area contributed by atoms with Gasteiger partial charge in [0.05, 0.1) is 11.5 Å². The van der Waals surface area contributed by atoms with Crippen molar-refractivity contribution in [2.45, 2.75) is 26.3 Å². The zero-order valence-corrected chi connectivity index (χ0v) is 11.4. The molecule has 0 saturated carbocycles. The van der Waals surface area contributed by atoms with Gasteiger partial charge in [-0.05, 0) is 39.4 Å². The van der Waals surface area contributed by atoms with Crippen molar-refractivity contribution in [2.24, 2.45) is 5.92 Å². The van der Waals surface area contributed by atoms with Crippen molar-refractivity contribution < 1.29 is 8.42 Å². The molecule has 96 valence electrons. The van der Waals surface area contributed by atoms with E-state index in [1.807, 2.05) is 7.05 Å². The minimum Gasteiger partial charge on any atom is -0.319 e. The van der Waals surface area contributed by atoms with E-state index in [1.54, 1.807) is 0 Å². The van der Waals surface area contributed by atoms with Crippen molar-refractivity contribution in [3.63, 3.8) is 0 Å². The molecule has 4 nitrogen and oxygen atoms in total. The lowest BCUT2D eigenvalue weighted by Crippen LogP contribution is -2.42. The van der Waals surface area contributed by atoms with Crippen LogP contribution in [0.2, 0.25) is 0 Å². The monoisotopic (exact) mass is 248 g/mol. The Morgan fingerprint density at radius 2 is 1.94 bits per heavy atom. The Morgan fingerprint density at radius 3 is 2.56 bits per heavy atom. The third-order valence-electron chi connectivity index (χ3n) is 3.52. The SMILES string of the molecule is CNCC(C)C(C)N1CCCS(=O)(=O)CC1. The molecule has 1 aliphatic rings. The summed E-state index contributed by atoms with van der Waals surface area (Å²) >= 11 is 0. The van der Waals surface area contributed by atoms with E-state index in [0.717, 1.165) is 19.5 Å². The Hall–Kier alpha value is -0.130. The van der Waals surface area contributed by atoms with Crippen LogP contribution in [-0.4, -0.2) is 57.5 Å². The van der Waals surface area contributed by atoms with Gasteiger partial charge in [-0.1, -0.05) is 6.92 Å². The molecular formula is C11H24N2O2S. The molecular weight excluding hydrogens is 224 g/mol. The van der Waals surface area contributed by atoms with Crippen molar-refractivity contribution in [3.05, 3.63) is 0 Å². The molecule has 1 fully saturated rings. The average Bonchev–Trinajstić information content (AvgIpc) is 2.39. The summed E-state index contributed by atoms with van der Waals surface area (Å²) in [5.41, 5.74) is 0. The summed E-state index contributed by atoms with van der Waals surface area (Å²) in [5.74, 6) is 1.23. The largest absolute Gasteiger partial charge is 0.319 e. The zero-order valence-electron chi connectivity index (χ0n) is 10.6. The molecule has 0 bridgehead atoms. The molecule has 0 amide bonds. The molecule has 2 unspecified atom stereocenters. The summed E-state index contributed by atoms with van der Waals surface area (Å²) in [5, 5.41) is 3.17. The Kier molecular flexibility index (Phi) is 5.21. The Bertz CT molecular complexity index is 303. The van der Waals surface area contributed by atoms with Crippen LogP contribution >= 0.6 is 0 Å². The molecule has 2 atom stereocenters. The quantitative estimate of drug-likeness (QED) is 0.780. The molecule has 1 aliphatic heterocycles. The fourth-order valence-corrected chi connectivity index (χ4v) is 3.50. The molecule has 5 heteroatoms. The van der Waals surface area contributed by atoms with Crippen molar-refractivity contribution >= 4 is 9.84 Å². The second-order valence-corrected chi connectivity index (χ2v) is 7.12. The van der Waals surface area contributed by atoms with Crippen LogP contribution in [0.1, 0.15) is 20.3 Å². The van der Waals surface area contributed by atoms with Gasteiger partial charge in [0.2, 0.25) is 0 Å². The summed E-state index contributed by atoms with van der Waals surface area (Å²) < 4.78 is 23.0. The Balaban J connectivity index is 2.54. The van der Waals surface area contributed by atoms with Gasteiger partial charge in [0.15, 0.2) is 9.84 Å². The molecule has 0 aromatic carbocycles. The predicted octanol–water partition coefficient (Wildman–Crippen LogP) is 0.351. The number of hydrogen-bond acceptors (Lipinski definition) is 4. The second-order valence-electron chi connectivity index (χ2n) is 4.82. The van der Waals surface area contributed by atoms with E-state index in [0.29, 0.717) is 30.0 Å². The molecule has 0 spiro atoms. The van der Waals surface area contributed by atoms with Crippen molar-refractivity contribution in [2.75, 3.05) is 38.2 Å². The first-order valence-electron chi connectivity index (χ1n) is 6.05. The lowest BCUT2D eigenvalue weighted by molar-refractivity contribution is 0.172. The normalized spacial score (nSPS) is 25.9. The number of nitrogens with one attached hydrogen (secondary N) is 1. The molecule has 1 rings (SSSR count). The van der Waals surface area contributed by atoms with Gasteiger partial charge in [0, 0.05) is 12.6 Å². The predicted molar refractivity (Wildman–Crippen MR) is 67.4 cm³/mol. The molecule has 0 radical (unpaired) electrons. The van der Waals surface area contributed by atoms with Crippen LogP contribution in [0.25, 0.3) is 0 Å². The molecule has 1 saturated heterocycles. The van der Waals surface area contributed by atoms with E-state index < -0.39 is 9.84 Å². The van der Waals surface area contributed by atoms with E-state index in [1.165, 1.54) is 0 Å². The maximum Gasteiger partial charge on any atom is 0.151 e. The third-order valence-corrected chi connectivity index (χ3v) is 5.23. The fraction of sp³-hybridized carbons (Fsp3) is 1.00. The summed E-state index contributed by atoms with van der Waals surface area (Å²) in [6.07, 6.45) is 0.777. The van der Waals surface area contributed by atoms with Crippen LogP contribution in [-0.2, 0) is 9.84 Å². The van der Waals surface area contributed by atoms with Gasteiger partial charge in [-0.3, -0.25) is 4.90 Å². The highest BCUT2D eigenvalue weighted by Gasteiger charge is 2.24. The third kappa shape index (κ3) is 4.03. The maximum atomic E-state index is 11.5. The lowest BCUT2D eigenvalue weighted by Gasteiger charge is -2.31. The van der Waals surface area contributed by atoms with Crippen LogP contribution < -0.4 is 5.32 Å². The van der Waals surface area contributed by atoms with Crippen molar-refractivity contribution in [1.29, 1.82) is 0 Å². The lowest BCUT2D eigenvalue weighted by atomic mass is 10.0. The van der Waals surface area contributed by atoms with Gasteiger partial charge < -0.3 is 5.32 Å². The van der Waals surface area contributed by atoms with Gasteiger partial charge in [-0.15, -0.1) is 0 Å². The summed E-state index contributed by atoms with van der Waals surface area (Å²) in [6, 6.07) is 0.445. The van der Waals surface area contributed by atoms with E-state index in [4.69, 9.17) is 0 Å². The summed E-state index contributed by atoms with van der Waals surface area (Å²) in [7, 11) is -0.826. The van der Waals surface area contributed by atoms with Gasteiger partial charge >= 0.3 is 0 Å². The number of hydrogen-bond donors (Lipinski definition) is 1. The van der Waals surface area contributed by atoms with Crippen LogP contribution in [0, 0.1) is 5.92 Å². The smallest absolute Gasteiger partial charge is 0.151 e.